The van der Waals surface area contributed by atoms with E-state index in [0.717, 1.165) is 34.4 Å². The van der Waals surface area contributed by atoms with E-state index >= 15 is 0 Å². The number of hydrogen-bond donors (Lipinski definition) is 3. The van der Waals surface area contributed by atoms with E-state index < -0.39 is 11.9 Å². The van der Waals surface area contributed by atoms with Crippen LogP contribution in [0.1, 0.15) is 62.7 Å². The van der Waals surface area contributed by atoms with Gasteiger partial charge < -0.3 is 25.8 Å². The van der Waals surface area contributed by atoms with Crippen molar-refractivity contribution in [3.8, 4) is 27.3 Å². The summed E-state index contributed by atoms with van der Waals surface area (Å²) in [7, 11) is 1.25. The molecule has 0 aliphatic carbocycles. The summed E-state index contributed by atoms with van der Waals surface area (Å²) in [4.78, 5) is 45.2. The van der Waals surface area contributed by atoms with Gasteiger partial charge in [-0.2, -0.15) is 0 Å². The lowest BCUT2D eigenvalue weighted by Crippen LogP contribution is -2.32. The highest BCUT2D eigenvalue weighted by atomic mass is 32.1. The topological polar surface area (TPSA) is 133 Å². The molecule has 4 aromatic rings. The first kappa shape index (κ1) is 29.0. The maximum Gasteiger partial charge on any atom is 0.357 e. The Morgan fingerprint density at radius 1 is 1.05 bits per heavy atom. The van der Waals surface area contributed by atoms with E-state index in [4.69, 9.17) is 15.2 Å². The number of rotatable bonds is 8. The van der Waals surface area contributed by atoms with Crippen molar-refractivity contribution in [1.29, 1.82) is 0 Å². The number of thiophene rings is 1. The van der Waals surface area contributed by atoms with Gasteiger partial charge in [0.25, 0.3) is 11.8 Å². The molecule has 2 aromatic carbocycles. The van der Waals surface area contributed by atoms with Gasteiger partial charge in [-0.3, -0.25) is 9.59 Å². The summed E-state index contributed by atoms with van der Waals surface area (Å²) in [5.74, 6) is -0.937. The number of amides is 2. The van der Waals surface area contributed by atoms with Crippen LogP contribution in [0.5, 0.6) is 5.75 Å². The molecule has 1 atom stereocenters. The second kappa shape index (κ2) is 12.5. The number of carbonyl (C=O) groups excluding carboxylic acids is 3. The largest absolute Gasteiger partial charge is 0.493 e. The van der Waals surface area contributed by atoms with Crippen LogP contribution < -0.4 is 21.1 Å². The third-order valence-corrected chi connectivity index (χ3v) is 8.21. The minimum absolute atomic E-state index is 0.0692. The summed E-state index contributed by atoms with van der Waals surface area (Å²) >= 11 is 1.58. The number of benzene rings is 2. The first-order valence-electron chi connectivity index (χ1n) is 13.7. The van der Waals surface area contributed by atoms with E-state index in [-0.39, 0.29) is 23.3 Å². The average molecular weight is 585 g/mol. The Balaban J connectivity index is 1.66. The molecule has 1 aliphatic rings. The monoisotopic (exact) mass is 584 g/mol. The van der Waals surface area contributed by atoms with E-state index in [9.17, 15) is 14.4 Å². The van der Waals surface area contributed by atoms with Crippen LogP contribution in [-0.2, 0) is 17.7 Å². The van der Waals surface area contributed by atoms with Crippen molar-refractivity contribution in [2.75, 3.05) is 19.0 Å². The zero-order chi connectivity index (χ0) is 29.8. The van der Waals surface area contributed by atoms with E-state index in [1.165, 1.54) is 13.2 Å². The number of ether oxygens (including phenoxy) is 2. The maximum atomic E-state index is 13.9. The highest BCUT2D eigenvalue weighted by Crippen LogP contribution is 2.43. The molecule has 2 aromatic heterocycles. The van der Waals surface area contributed by atoms with Crippen molar-refractivity contribution in [3.05, 3.63) is 88.1 Å². The number of nitrogens with zero attached hydrogens (tertiary/aromatic N) is 1. The molecule has 2 amide bonds. The van der Waals surface area contributed by atoms with Crippen LogP contribution >= 0.6 is 11.3 Å². The molecule has 10 heteroatoms. The highest BCUT2D eigenvalue weighted by molar-refractivity contribution is 7.13. The van der Waals surface area contributed by atoms with Gasteiger partial charge in [0.2, 0.25) is 0 Å². The molecule has 42 heavy (non-hydrogen) atoms. The van der Waals surface area contributed by atoms with Crippen molar-refractivity contribution in [1.82, 2.24) is 10.3 Å². The zero-order valence-corrected chi connectivity index (χ0v) is 24.5. The predicted octanol–water partition coefficient (Wildman–Crippen LogP) is 5.44. The number of fused-ring (bicyclic) bond motifs is 3. The third kappa shape index (κ3) is 5.90. The van der Waals surface area contributed by atoms with Gasteiger partial charge in [-0.25, -0.2) is 9.78 Å². The van der Waals surface area contributed by atoms with E-state index in [0.29, 0.717) is 41.3 Å². The molecule has 0 fully saturated rings. The summed E-state index contributed by atoms with van der Waals surface area (Å²) in [6.45, 7) is 4.70. The van der Waals surface area contributed by atoms with Gasteiger partial charge in [-0.05, 0) is 72.3 Å². The van der Waals surface area contributed by atoms with Gasteiger partial charge >= 0.3 is 5.97 Å². The molecular weight excluding hydrogens is 552 g/mol. The molecule has 0 bridgehead atoms. The van der Waals surface area contributed by atoms with Crippen LogP contribution in [0.15, 0.2) is 60.0 Å². The van der Waals surface area contributed by atoms with Crippen LogP contribution in [0, 0.1) is 0 Å². The SMILES string of the molecule is CCC(C)NC(=O)c1ccc(-c2cc3c(cc2C(=O)Nc2ccc(CN)cc2)-c2sccc2CCO3)c(C(=O)OC)n1. The normalized spacial score (nSPS) is 12.7. The molecule has 1 aliphatic heterocycles. The molecule has 9 nitrogen and oxygen atoms in total. The molecule has 5 rings (SSSR count). The molecule has 0 radical (unpaired) electrons. The molecule has 0 saturated heterocycles. The van der Waals surface area contributed by atoms with Gasteiger partial charge in [-0.1, -0.05) is 19.1 Å². The molecule has 216 valence electrons. The standard InChI is InChI=1S/C32H32N4O5S/c1-4-18(2)34-31(38)26-10-9-22(28(36-26)32(39)40-3)23-16-27-25(29-20(11-13-41-27)12-14-42-29)15-24(23)30(37)35-21-7-5-19(17-33)6-8-21/h5-10,12,14-16,18H,4,11,13,17,33H2,1-3H3,(H,34,38)(H,35,37). The lowest BCUT2D eigenvalue weighted by molar-refractivity contribution is 0.0594. The minimum atomic E-state index is -0.733. The van der Waals surface area contributed by atoms with Crippen molar-refractivity contribution in [3.63, 3.8) is 0 Å². The number of carbonyl (C=O) groups is 3. The van der Waals surface area contributed by atoms with E-state index in [1.54, 1.807) is 41.7 Å². The van der Waals surface area contributed by atoms with Crippen LogP contribution in [-0.4, -0.2) is 42.5 Å². The summed E-state index contributed by atoms with van der Waals surface area (Å²) in [5, 5.41) is 7.85. The third-order valence-electron chi connectivity index (χ3n) is 7.22. The Kier molecular flexibility index (Phi) is 8.65. The Labute approximate surface area is 248 Å². The van der Waals surface area contributed by atoms with Gasteiger partial charge in [0.05, 0.1) is 13.7 Å². The first-order valence-corrected chi connectivity index (χ1v) is 14.6. The second-order valence-electron chi connectivity index (χ2n) is 9.99. The summed E-state index contributed by atoms with van der Waals surface area (Å²) in [6, 6.07) is 16.0. The lowest BCUT2D eigenvalue weighted by Gasteiger charge is -2.18. The van der Waals surface area contributed by atoms with Crippen LogP contribution in [0.3, 0.4) is 0 Å². The summed E-state index contributed by atoms with van der Waals surface area (Å²) < 4.78 is 11.2. The second-order valence-corrected chi connectivity index (χ2v) is 10.9. The van der Waals surface area contributed by atoms with Gasteiger partial charge in [0.15, 0.2) is 5.69 Å². The Morgan fingerprint density at radius 2 is 1.83 bits per heavy atom. The fourth-order valence-corrected chi connectivity index (χ4v) is 5.68. The van der Waals surface area contributed by atoms with E-state index in [2.05, 4.69) is 21.7 Å². The van der Waals surface area contributed by atoms with Crippen molar-refractivity contribution >= 4 is 34.8 Å². The van der Waals surface area contributed by atoms with Crippen LogP contribution in [0.25, 0.3) is 21.6 Å². The van der Waals surface area contributed by atoms with Crippen molar-refractivity contribution < 1.29 is 23.9 Å². The van der Waals surface area contributed by atoms with Crippen LogP contribution in [0.2, 0.25) is 0 Å². The molecule has 0 saturated carbocycles. The Morgan fingerprint density at radius 3 is 2.55 bits per heavy atom. The molecule has 4 N–H and O–H groups in total. The fraction of sp³-hybridized carbons (Fsp3) is 0.250. The van der Waals surface area contributed by atoms with Gasteiger partial charge in [0, 0.05) is 51.8 Å². The average Bonchev–Trinajstić information content (AvgIpc) is 3.41. The predicted molar refractivity (Wildman–Crippen MR) is 163 cm³/mol. The zero-order valence-electron chi connectivity index (χ0n) is 23.7. The molecular formula is C32H32N4O5S. The van der Waals surface area contributed by atoms with Gasteiger partial charge in [-0.15, -0.1) is 11.3 Å². The quantitative estimate of drug-likeness (QED) is 0.235. The lowest BCUT2D eigenvalue weighted by atomic mass is 9.93. The number of hydrogen-bond acceptors (Lipinski definition) is 8. The van der Waals surface area contributed by atoms with Crippen molar-refractivity contribution in [2.24, 2.45) is 5.73 Å². The number of nitrogens with one attached hydrogen (secondary N) is 2. The number of methoxy groups -OCH3 is 1. The molecule has 1 unspecified atom stereocenters. The highest BCUT2D eigenvalue weighted by Gasteiger charge is 2.27. The van der Waals surface area contributed by atoms with E-state index in [1.807, 2.05) is 31.4 Å². The van der Waals surface area contributed by atoms with Crippen LogP contribution in [0.4, 0.5) is 5.69 Å². The molecule has 3 heterocycles. The fourth-order valence-electron chi connectivity index (χ4n) is 4.70. The Hall–Kier alpha value is -4.54. The number of pyridine rings is 1. The number of nitrogens with two attached hydrogens (primary N) is 1. The summed E-state index contributed by atoms with van der Waals surface area (Å²) in [5.41, 5.74) is 10.3. The smallest absolute Gasteiger partial charge is 0.357 e. The maximum absolute atomic E-state index is 13.9. The molecule has 0 spiro atoms. The van der Waals surface area contributed by atoms with Crippen molar-refractivity contribution in [2.45, 2.75) is 39.3 Å². The number of esters is 1. The Bertz CT molecular complexity index is 1650. The minimum Gasteiger partial charge on any atom is -0.493 e. The summed E-state index contributed by atoms with van der Waals surface area (Å²) in [6.07, 6.45) is 1.47. The number of anilines is 1. The van der Waals surface area contributed by atoms with Gasteiger partial charge in [0.1, 0.15) is 11.4 Å². The number of aromatic nitrogens is 1. The first-order chi connectivity index (χ1) is 20.3.